The minimum Gasteiger partial charge on any atom is -0.493 e. The van der Waals surface area contributed by atoms with Crippen molar-refractivity contribution in [1.82, 2.24) is 15.5 Å². The number of primary amides is 1. The van der Waals surface area contributed by atoms with Crippen LogP contribution in [-0.4, -0.2) is 56.3 Å². The lowest BCUT2D eigenvalue weighted by atomic mass is 10.1. The summed E-state index contributed by atoms with van der Waals surface area (Å²) in [7, 11) is 1.63. The SMILES string of the molecule is CCNC(=NCc1ccc(OC)c(OCC)c1)NC1CCN(C(N)=O)CC1.I. The van der Waals surface area contributed by atoms with Gasteiger partial charge in [0.1, 0.15) is 0 Å². The second-order valence-electron chi connectivity index (χ2n) is 6.36. The number of nitrogens with one attached hydrogen (secondary N) is 2. The van der Waals surface area contributed by atoms with Crippen molar-refractivity contribution in [3.8, 4) is 11.5 Å². The molecule has 2 amide bonds. The van der Waals surface area contributed by atoms with E-state index in [1.165, 1.54) is 0 Å². The molecule has 0 unspecified atom stereocenters. The van der Waals surface area contributed by atoms with Crippen molar-refractivity contribution in [2.75, 3.05) is 33.4 Å². The third-order valence-corrected chi connectivity index (χ3v) is 4.44. The van der Waals surface area contributed by atoms with Gasteiger partial charge < -0.3 is 30.7 Å². The number of rotatable bonds is 7. The van der Waals surface area contributed by atoms with Gasteiger partial charge in [0, 0.05) is 25.7 Å². The highest BCUT2D eigenvalue weighted by Gasteiger charge is 2.21. The lowest BCUT2D eigenvalue weighted by molar-refractivity contribution is 0.188. The Bertz CT molecular complexity index is 648. The van der Waals surface area contributed by atoms with Crippen LogP contribution in [-0.2, 0) is 6.54 Å². The van der Waals surface area contributed by atoms with Gasteiger partial charge in [-0.1, -0.05) is 6.07 Å². The van der Waals surface area contributed by atoms with Crippen LogP contribution in [0.25, 0.3) is 0 Å². The number of nitrogens with two attached hydrogens (primary N) is 1. The van der Waals surface area contributed by atoms with E-state index in [9.17, 15) is 4.79 Å². The average Bonchev–Trinajstić information content (AvgIpc) is 2.67. The lowest BCUT2D eigenvalue weighted by Gasteiger charge is -2.32. The second-order valence-corrected chi connectivity index (χ2v) is 6.36. The van der Waals surface area contributed by atoms with E-state index in [0.29, 0.717) is 26.2 Å². The lowest BCUT2D eigenvalue weighted by Crippen LogP contribution is -2.50. The Hall–Kier alpha value is -1.91. The highest BCUT2D eigenvalue weighted by Crippen LogP contribution is 2.28. The molecule has 0 aliphatic carbocycles. The number of guanidine groups is 1. The van der Waals surface area contributed by atoms with E-state index in [1.54, 1.807) is 12.0 Å². The fourth-order valence-electron chi connectivity index (χ4n) is 3.02. The van der Waals surface area contributed by atoms with Gasteiger partial charge in [-0.3, -0.25) is 0 Å². The zero-order valence-corrected chi connectivity index (χ0v) is 19.2. The average molecular weight is 505 g/mol. The molecule has 1 aliphatic rings. The number of ether oxygens (including phenoxy) is 2. The summed E-state index contributed by atoms with van der Waals surface area (Å²) in [4.78, 5) is 17.6. The van der Waals surface area contributed by atoms with Crippen LogP contribution in [0.5, 0.6) is 11.5 Å². The van der Waals surface area contributed by atoms with E-state index in [1.807, 2.05) is 32.0 Å². The van der Waals surface area contributed by atoms with Crippen LogP contribution in [0.2, 0.25) is 0 Å². The molecule has 1 saturated heterocycles. The number of likely N-dealkylation sites (tertiary alicyclic amines) is 1. The summed E-state index contributed by atoms with van der Waals surface area (Å²) in [6, 6.07) is 5.77. The van der Waals surface area contributed by atoms with Crippen LogP contribution in [0, 0.1) is 0 Å². The van der Waals surface area contributed by atoms with Crippen LogP contribution in [0.1, 0.15) is 32.3 Å². The molecule has 0 atom stereocenters. The number of carbonyl (C=O) groups is 1. The highest BCUT2D eigenvalue weighted by atomic mass is 127. The molecule has 0 bridgehead atoms. The number of hydrogen-bond acceptors (Lipinski definition) is 4. The zero-order valence-electron chi connectivity index (χ0n) is 16.9. The number of amides is 2. The molecule has 4 N–H and O–H groups in total. The highest BCUT2D eigenvalue weighted by molar-refractivity contribution is 14.0. The van der Waals surface area contributed by atoms with Gasteiger partial charge in [0.2, 0.25) is 0 Å². The fourth-order valence-corrected chi connectivity index (χ4v) is 3.02. The Morgan fingerprint density at radius 1 is 1.29 bits per heavy atom. The van der Waals surface area contributed by atoms with Crippen molar-refractivity contribution in [3.05, 3.63) is 23.8 Å². The van der Waals surface area contributed by atoms with Crippen molar-refractivity contribution < 1.29 is 14.3 Å². The smallest absolute Gasteiger partial charge is 0.314 e. The molecule has 9 heteroatoms. The largest absolute Gasteiger partial charge is 0.493 e. The number of halogens is 1. The number of hydrogen-bond donors (Lipinski definition) is 3. The van der Waals surface area contributed by atoms with Crippen LogP contribution >= 0.6 is 24.0 Å². The third-order valence-electron chi connectivity index (χ3n) is 4.44. The fraction of sp³-hybridized carbons (Fsp3) is 0.579. The Balaban J connectivity index is 0.00000392. The molecule has 1 fully saturated rings. The van der Waals surface area contributed by atoms with Crippen LogP contribution in [0.3, 0.4) is 0 Å². The molecular formula is C19H32IN5O3. The van der Waals surface area contributed by atoms with E-state index in [0.717, 1.165) is 42.4 Å². The first-order valence-corrected chi connectivity index (χ1v) is 9.46. The third kappa shape index (κ3) is 7.25. The van der Waals surface area contributed by atoms with Crippen LogP contribution < -0.4 is 25.8 Å². The zero-order chi connectivity index (χ0) is 19.6. The van der Waals surface area contributed by atoms with Gasteiger partial charge in [-0.05, 0) is 44.4 Å². The molecule has 28 heavy (non-hydrogen) atoms. The molecule has 1 aromatic carbocycles. The van der Waals surface area contributed by atoms with E-state index in [-0.39, 0.29) is 36.0 Å². The summed E-state index contributed by atoms with van der Waals surface area (Å²) in [6.45, 7) is 7.20. The monoisotopic (exact) mass is 505 g/mol. The van der Waals surface area contributed by atoms with Gasteiger partial charge in [-0.2, -0.15) is 0 Å². The molecule has 1 aromatic rings. The number of benzene rings is 1. The van der Waals surface area contributed by atoms with Gasteiger partial charge in [-0.25, -0.2) is 9.79 Å². The molecule has 1 heterocycles. The number of urea groups is 1. The van der Waals surface area contributed by atoms with E-state index in [4.69, 9.17) is 15.2 Å². The van der Waals surface area contributed by atoms with E-state index < -0.39 is 0 Å². The summed E-state index contributed by atoms with van der Waals surface area (Å²) in [5.41, 5.74) is 6.38. The molecule has 0 aromatic heterocycles. The first-order chi connectivity index (χ1) is 13.1. The topological polar surface area (TPSA) is 101 Å². The summed E-state index contributed by atoms with van der Waals surface area (Å²) < 4.78 is 10.9. The minimum absolute atomic E-state index is 0. The Morgan fingerprint density at radius 3 is 2.57 bits per heavy atom. The standard InChI is InChI=1S/C19H31N5O3.HI/c1-4-21-19(23-15-8-10-24(11-9-15)18(20)25)22-13-14-6-7-16(26-3)17(12-14)27-5-2;/h6-7,12,15H,4-5,8-11,13H2,1-3H3,(H2,20,25)(H2,21,22,23);1H. The van der Waals surface area contributed by atoms with Crippen LogP contribution in [0.4, 0.5) is 4.79 Å². The van der Waals surface area contributed by atoms with Crippen LogP contribution in [0.15, 0.2) is 23.2 Å². The normalized spacial score (nSPS) is 14.8. The van der Waals surface area contributed by atoms with Gasteiger partial charge >= 0.3 is 6.03 Å². The molecule has 8 nitrogen and oxygen atoms in total. The summed E-state index contributed by atoms with van der Waals surface area (Å²) >= 11 is 0. The molecule has 0 radical (unpaired) electrons. The predicted molar refractivity (Wildman–Crippen MR) is 122 cm³/mol. The first kappa shape index (κ1) is 24.1. The van der Waals surface area contributed by atoms with Crippen molar-refractivity contribution in [2.45, 2.75) is 39.3 Å². The quantitative estimate of drug-likeness (QED) is 0.300. The van der Waals surface area contributed by atoms with Gasteiger partial charge in [-0.15, -0.1) is 24.0 Å². The minimum atomic E-state index is -0.348. The van der Waals surface area contributed by atoms with Crippen molar-refractivity contribution in [2.24, 2.45) is 10.7 Å². The molecule has 0 saturated carbocycles. The van der Waals surface area contributed by atoms with Gasteiger partial charge in [0.25, 0.3) is 0 Å². The van der Waals surface area contributed by atoms with Crippen molar-refractivity contribution in [3.63, 3.8) is 0 Å². The molecule has 158 valence electrons. The molecular weight excluding hydrogens is 473 g/mol. The Kier molecular flexibility index (Phi) is 10.8. The molecule has 1 aliphatic heterocycles. The first-order valence-electron chi connectivity index (χ1n) is 9.46. The maximum Gasteiger partial charge on any atom is 0.314 e. The number of nitrogens with zero attached hydrogens (tertiary/aromatic N) is 2. The molecule has 2 rings (SSSR count). The van der Waals surface area contributed by atoms with E-state index in [2.05, 4.69) is 15.6 Å². The predicted octanol–water partition coefficient (Wildman–Crippen LogP) is 2.31. The van der Waals surface area contributed by atoms with Crippen molar-refractivity contribution >= 4 is 36.0 Å². The summed E-state index contributed by atoms with van der Waals surface area (Å²) in [5, 5.41) is 6.73. The molecule has 0 spiro atoms. The van der Waals surface area contributed by atoms with Crippen molar-refractivity contribution in [1.29, 1.82) is 0 Å². The van der Waals surface area contributed by atoms with E-state index >= 15 is 0 Å². The number of aliphatic imine (C=N–C) groups is 1. The number of methoxy groups -OCH3 is 1. The Labute approximate surface area is 184 Å². The second kappa shape index (κ2) is 12.5. The Morgan fingerprint density at radius 2 is 2.00 bits per heavy atom. The maximum atomic E-state index is 11.2. The summed E-state index contributed by atoms with van der Waals surface area (Å²) in [6.07, 6.45) is 1.70. The van der Waals surface area contributed by atoms with Gasteiger partial charge in [0.05, 0.1) is 20.3 Å². The number of piperidine rings is 1. The summed E-state index contributed by atoms with van der Waals surface area (Å²) in [5.74, 6) is 2.21. The maximum absolute atomic E-state index is 11.2. The number of carbonyl (C=O) groups excluding carboxylic acids is 1. The van der Waals surface area contributed by atoms with Gasteiger partial charge in [0.15, 0.2) is 17.5 Å².